The van der Waals surface area contributed by atoms with Crippen LogP contribution >= 0.6 is 11.6 Å². The van der Waals surface area contributed by atoms with E-state index in [0.717, 1.165) is 5.69 Å². The molecule has 0 spiro atoms. The van der Waals surface area contributed by atoms with Crippen molar-refractivity contribution in [2.24, 2.45) is 0 Å². The summed E-state index contributed by atoms with van der Waals surface area (Å²) < 4.78 is 5.23. The fraction of sp³-hybridized carbons (Fsp3) is 0.467. The minimum absolute atomic E-state index is 0.00889. The Bertz CT molecular complexity index is 558. The third kappa shape index (κ3) is 3.34. The zero-order valence-corrected chi connectivity index (χ0v) is 12.9. The van der Waals surface area contributed by atoms with E-state index >= 15 is 0 Å². The van der Waals surface area contributed by atoms with Crippen molar-refractivity contribution in [2.75, 3.05) is 37.7 Å². The summed E-state index contributed by atoms with van der Waals surface area (Å²) in [5.41, 5.74) is 0.803. The molecule has 1 N–H and O–H groups in total. The van der Waals surface area contributed by atoms with Crippen molar-refractivity contribution >= 4 is 29.2 Å². The SMILES string of the molecule is O=C(N[C@H]1CC(=O)N(c2ccc(Cl)cc2)C1)N1CCOCC1. The number of benzene rings is 1. The first kappa shape index (κ1) is 15.1. The van der Waals surface area contributed by atoms with Crippen LogP contribution < -0.4 is 10.2 Å². The standard InChI is InChI=1S/C15H18ClN3O3/c16-11-1-3-13(4-2-11)19-10-12(9-14(19)20)17-15(21)18-5-7-22-8-6-18/h1-4,12H,5-10H2,(H,17,21)/t12-/m0/s1. The monoisotopic (exact) mass is 323 g/mol. The molecule has 1 aromatic rings. The molecule has 1 aromatic carbocycles. The van der Waals surface area contributed by atoms with Gasteiger partial charge >= 0.3 is 6.03 Å². The van der Waals surface area contributed by atoms with Gasteiger partial charge in [-0.1, -0.05) is 11.6 Å². The Balaban J connectivity index is 1.59. The highest BCUT2D eigenvalue weighted by Gasteiger charge is 2.32. The van der Waals surface area contributed by atoms with Crippen LogP contribution in [0.3, 0.4) is 0 Å². The van der Waals surface area contributed by atoms with Crippen molar-refractivity contribution in [3.8, 4) is 0 Å². The quantitative estimate of drug-likeness (QED) is 0.897. The van der Waals surface area contributed by atoms with E-state index in [1.807, 2.05) is 12.1 Å². The van der Waals surface area contributed by atoms with Crippen molar-refractivity contribution in [3.63, 3.8) is 0 Å². The predicted molar refractivity (Wildman–Crippen MR) is 83.1 cm³/mol. The second-order valence-electron chi connectivity index (χ2n) is 5.43. The molecule has 3 rings (SSSR count). The van der Waals surface area contributed by atoms with Crippen LogP contribution in [0.15, 0.2) is 24.3 Å². The molecule has 2 aliphatic heterocycles. The Morgan fingerprint density at radius 1 is 1.23 bits per heavy atom. The molecule has 3 amide bonds. The summed E-state index contributed by atoms with van der Waals surface area (Å²) >= 11 is 5.86. The van der Waals surface area contributed by atoms with Gasteiger partial charge in [0.2, 0.25) is 5.91 Å². The van der Waals surface area contributed by atoms with E-state index in [-0.39, 0.29) is 18.0 Å². The number of nitrogens with zero attached hydrogens (tertiary/aromatic N) is 2. The lowest BCUT2D eigenvalue weighted by molar-refractivity contribution is -0.117. The molecule has 1 atom stereocenters. The molecule has 2 heterocycles. The average Bonchev–Trinajstić information content (AvgIpc) is 2.89. The Morgan fingerprint density at radius 3 is 2.59 bits per heavy atom. The van der Waals surface area contributed by atoms with Gasteiger partial charge in [-0.2, -0.15) is 0 Å². The van der Waals surface area contributed by atoms with Gasteiger partial charge in [0.15, 0.2) is 0 Å². The molecule has 118 valence electrons. The third-order valence-corrected chi connectivity index (χ3v) is 4.14. The van der Waals surface area contributed by atoms with E-state index in [4.69, 9.17) is 16.3 Å². The number of halogens is 1. The van der Waals surface area contributed by atoms with Crippen LogP contribution in [0.5, 0.6) is 0 Å². The number of carbonyl (C=O) groups excluding carboxylic acids is 2. The first-order chi connectivity index (χ1) is 10.6. The number of rotatable bonds is 2. The highest BCUT2D eigenvalue weighted by Crippen LogP contribution is 2.23. The molecule has 0 unspecified atom stereocenters. The molecule has 2 saturated heterocycles. The maximum absolute atomic E-state index is 12.2. The number of carbonyl (C=O) groups is 2. The normalized spacial score (nSPS) is 22.0. The predicted octanol–water partition coefficient (Wildman–Crippen LogP) is 1.49. The summed E-state index contributed by atoms with van der Waals surface area (Å²) in [5, 5.41) is 3.56. The van der Waals surface area contributed by atoms with Crippen molar-refractivity contribution in [1.82, 2.24) is 10.2 Å². The molecule has 7 heteroatoms. The zero-order chi connectivity index (χ0) is 15.5. The third-order valence-electron chi connectivity index (χ3n) is 3.89. The number of hydrogen-bond acceptors (Lipinski definition) is 3. The summed E-state index contributed by atoms with van der Waals surface area (Å²) in [6, 6.07) is 6.84. The number of hydrogen-bond donors (Lipinski definition) is 1. The van der Waals surface area contributed by atoms with Crippen molar-refractivity contribution < 1.29 is 14.3 Å². The minimum atomic E-state index is -0.168. The van der Waals surface area contributed by atoms with Crippen molar-refractivity contribution in [3.05, 3.63) is 29.3 Å². The molecular weight excluding hydrogens is 306 g/mol. The molecule has 0 aromatic heterocycles. The van der Waals surface area contributed by atoms with Crippen LogP contribution in [-0.2, 0) is 9.53 Å². The maximum atomic E-state index is 12.2. The van der Waals surface area contributed by atoms with Gasteiger partial charge in [-0.05, 0) is 24.3 Å². The summed E-state index contributed by atoms with van der Waals surface area (Å²) in [6.07, 6.45) is 0.318. The van der Waals surface area contributed by atoms with Crippen LogP contribution in [0.2, 0.25) is 5.02 Å². The summed E-state index contributed by atoms with van der Waals surface area (Å²) in [6.45, 7) is 2.79. The van der Waals surface area contributed by atoms with Gasteiger partial charge in [-0.3, -0.25) is 4.79 Å². The lowest BCUT2D eigenvalue weighted by Crippen LogP contribution is -2.49. The highest BCUT2D eigenvalue weighted by atomic mass is 35.5. The first-order valence-corrected chi connectivity index (χ1v) is 7.70. The number of amides is 3. The van der Waals surface area contributed by atoms with Gasteiger partial charge < -0.3 is 19.9 Å². The Labute approximate surface area is 134 Å². The second-order valence-corrected chi connectivity index (χ2v) is 5.87. The first-order valence-electron chi connectivity index (χ1n) is 7.32. The average molecular weight is 324 g/mol. The van der Waals surface area contributed by atoms with Crippen molar-refractivity contribution in [2.45, 2.75) is 12.5 Å². The molecule has 2 fully saturated rings. The van der Waals surface area contributed by atoms with E-state index in [1.54, 1.807) is 21.9 Å². The lowest BCUT2D eigenvalue weighted by Gasteiger charge is -2.28. The number of morpholine rings is 1. The fourth-order valence-electron chi connectivity index (χ4n) is 2.71. The largest absolute Gasteiger partial charge is 0.378 e. The highest BCUT2D eigenvalue weighted by molar-refractivity contribution is 6.30. The number of anilines is 1. The fourth-order valence-corrected chi connectivity index (χ4v) is 2.83. The molecule has 2 aliphatic rings. The second kappa shape index (κ2) is 6.54. The Morgan fingerprint density at radius 2 is 1.91 bits per heavy atom. The summed E-state index contributed by atoms with van der Waals surface area (Å²) in [7, 11) is 0. The lowest BCUT2D eigenvalue weighted by atomic mass is 10.2. The van der Waals surface area contributed by atoms with E-state index in [1.165, 1.54) is 0 Å². The molecule has 0 saturated carbocycles. The van der Waals surface area contributed by atoms with Gasteiger partial charge in [0, 0.05) is 36.8 Å². The van der Waals surface area contributed by atoms with E-state index in [9.17, 15) is 9.59 Å². The summed E-state index contributed by atoms with van der Waals surface area (Å²) in [4.78, 5) is 27.7. The van der Waals surface area contributed by atoms with Crippen LogP contribution in [0, 0.1) is 0 Å². The van der Waals surface area contributed by atoms with E-state index < -0.39 is 0 Å². The topological polar surface area (TPSA) is 61.9 Å². The Kier molecular flexibility index (Phi) is 4.49. The molecule has 0 radical (unpaired) electrons. The smallest absolute Gasteiger partial charge is 0.317 e. The molecule has 0 aliphatic carbocycles. The molecule has 22 heavy (non-hydrogen) atoms. The van der Waals surface area contributed by atoms with Crippen LogP contribution in [0.4, 0.5) is 10.5 Å². The van der Waals surface area contributed by atoms with E-state index in [0.29, 0.717) is 44.3 Å². The van der Waals surface area contributed by atoms with Gasteiger partial charge in [0.25, 0.3) is 0 Å². The van der Waals surface area contributed by atoms with Crippen molar-refractivity contribution in [1.29, 1.82) is 0 Å². The van der Waals surface area contributed by atoms with Crippen LogP contribution in [0.25, 0.3) is 0 Å². The number of ether oxygens (including phenoxy) is 1. The van der Waals surface area contributed by atoms with Crippen LogP contribution in [-0.4, -0.2) is 55.7 Å². The molecule has 0 bridgehead atoms. The summed E-state index contributed by atoms with van der Waals surface area (Å²) in [5.74, 6) is 0.00889. The minimum Gasteiger partial charge on any atom is -0.378 e. The molecule has 6 nitrogen and oxygen atoms in total. The Hall–Kier alpha value is -1.79. The zero-order valence-electron chi connectivity index (χ0n) is 12.1. The van der Waals surface area contributed by atoms with Gasteiger partial charge in [-0.15, -0.1) is 0 Å². The number of urea groups is 1. The van der Waals surface area contributed by atoms with E-state index in [2.05, 4.69) is 5.32 Å². The maximum Gasteiger partial charge on any atom is 0.317 e. The van der Waals surface area contributed by atoms with Crippen LogP contribution in [0.1, 0.15) is 6.42 Å². The van der Waals surface area contributed by atoms with Gasteiger partial charge in [0.1, 0.15) is 0 Å². The van der Waals surface area contributed by atoms with Gasteiger partial charge in [0.05, 0.1) is 19.3 Å². The number of nitrogens with one attached hydrogen (secondary N) is 1. The van der Waals surface area contributed by atoms with Gasteiger partial charge in [-0.25, -0.2) is 4.79 Å². The molecular formula is C15H18ClN3O3.